The molecule has 0 saturated carbocycles. The predicted molar refractivity (Wildman–Crippen MR) is 56.5 cm³/mol. The SMILES string of the molecule is C#CCC(C)NS(=O)(=O)CCC(=O)OC. The first-order valence-corrected chi connectivity index (χ1v) is 6.06. The molecule has 86 valence electrons. The topological polar surface area (TPSA) is 72.5 Å². The molecular formula is C9H15NO4S. The molecule has 1 N–H and O–H groups in total. The summed E-state index contributed by atoms with van der Waals surface area (Å²) in [4.78, 5) is 10.7. The van der Waals surface area contributed by atoms with Crippen molar-refractivity contribution in [2.45, 2.75) is 25.8 Å². The van der Waals surface area contributed by atoms with Crippen molar-refractivity contribution in [3.63, 3.8) is 0 Å². The zero-order valence-corrected chi connectivity index (χ0v) is 9.63. The van der Waals surface area contributed by atoms with Crippen molar-refractivity contribution >= 4 is 16.0 Å². The number of carbonyl (C=O) groups is 1. The van der Waals surface area contributed by atoms with Gasteiger partial charge in [0.1, 0.15) is 0 Å². The van der Waals surface area contributed by atoms with Crippen LogP contribution in [-0.2, 0) is 19.6 Å². The summed E-state index contributed by atoms with van der Waals surface area (Å²) < 4.78 is 29.4. The monoisotopic (exact) mass is 233 g/mol. The Bertz CT molecular complexity index is 342. The molecule has 0 spiro atoms. The lowest BCUT2D eigenvalue weighted by Gasteiger charge is -2.10. The van der Waals surface area contributed by atoms with Crippen LogP contribution in [-0.4, -0.2) is 33.3 Å². The number of sulfonamides is 1. The minimum Gasteiger partial charge on any atom is -0.469 e. The Morgan fingerprint density at radius 1 is 1.60 bits per heavy atom. The molecule has 0 aliphatic carbocycles. The average molecular weight is 233 g/mol. The predicted octanol–water partition coefficient (Wildman–Crippen LogP) is -0.119. The highest BCUT2D eigenvalue weighted by atomic mass is 32.2. The van der Waals surface area contributed by atoms with Gasteiger partial charge in [-0.2, -0.15) is 0 Å². The molecule has 5 nitrogen and oxygen atoms in total. The highest BCUT2D eigenvalue weighted by Crippen LogP contribution is 1.96. The fourth-order valence-electron chi connectivity index (χ4n) is 0.904. The fraction of sp³-hybridized carbons (Fsp3) is 0.667. The van der Waals surface area contributed by atoms with E-state index in [1.165, 1.54) is 7.11 Å². The van der Waals surface area contributed by atoms with Gasteiger partial charge >= 0.3 is 5.97 Å². The first-order valence-electron chi connectivity index (χ1n) is 4.41. The fourth-order valence-corrected chi connectivity index (χ4v) is 2.15. The number of methoxy groups -OCH3 is 1. The van der Waals surface area contributed by atoms with Crippen molar-refractivity contribution in [2.75, 3.05) is 12.9 Å². The summed E-state index contributed by atoms with van der Waals surface area (Å²) in [6.07, 6.45) is 5.19. The van der Waals surface area contributed by atoms with Gasteiger partial charge in [-0.1, -0.05) is 0 Å². The van der Waals surface area contributed by atoms with Crippen LogP contribution in [0.15, 0.2) is 0 Å². The van der Waals surface area contributed by atoms with Gasteiger partial charge in [0, 0.05) is 12.5 Å². The van der Waals surface area contributed by atoms with E-state index in [1.54, 1.807) is 6.92 Å². The molecule has 0 heterocycles. The smallest absolute Gasteiger partial charge is 0.306 e. The quantitative estimate of drug-likeness (QED) is 0.513. The minimum atomic E-state index is -3.45. The maximum atomic E-state index is 11.3. The molecular weight excluding hydrogens is 218 g/mol. The molecule has 0 amide bonds. The van der Waals surface area contributed by atoms with E-state index < -0.39 is 16.0 Å². The molecule has 0 aromatic carbocycles. The summed E-state index contributed by atoms with van der Waals surface area (Å²) >= 11 is 0. The van der Waals surface area contributed by atoms with Crippen LogP contribution in [0.5, 0.6) is 0 Å². The molecule has 6 heteroatoms. The van der Waals surface area contributed by atoms with Crippen LogP contribution in [0.25, 0.3) is 0 Å². The summed E-state index contributed by atoms with van der Waals surface area (Å²) in [5, 5.41) is 0. The second-order valence-electron chi connectivity index (χ2n) is 3.07. The maximum absolute atomic E-state index is 11.3. The van der Waals surface area contributed by atoms with Crippen molar-refractivity contribution in [1.82, 2.24) is 4.72 Å². The summed E-state index contributed by atoms with van der Waals surface area (Å²) in [5.41, 5.74) is 0. The van der Waals surface area contributed by atoms with Gasteiger partial charge in [-0.05, 0) is 6.92 Å². The number of hydrogen-bond acceptors (Lipinski definition) is 4. The second-order valence-corrected chi connectivity index (χ2v) is 4.95. The zero-order chi connectivity index (χ0) is 11.9. The second kappa shape index (κ2) is 6.43. The number of esters is 1. The van der Waals surface area contributed by atoms with E-state index in [2.05, 4.69) is 15.4 Å². The van der Waals surface area contributed by atoms with Gasteiger partial charge < -0.3 is 4.74 Å². The molecule has 0 aliphatic rings. The van der Waals surface area contributed by atoms with E-state index in [9.17, 15) is 13.2 Å². The highest BCUT2D eigenvalue weighted by molar-refractivity contribution is 7.89. The summed E-state index contributed by atoms with van der Waals surface area (Å²) in [6.45, 7) is 1.66. The van der Waals surface area contributed by atoms with E-state index in [0.29, 0.717) is 6.42 Å². The Balaban J connectivity index is 4.09. The normalized spacial score (nSPS) is 12.9. The highest BCUT2D eigenvalue weighted by Gasteiger charge is 2.15. The van der Waals surface area contributed by atoms with Crippen LogP contribution in [0.3, 0.4) is 0 Å². The van der Waals surface area contributed by atoms with Crippen molar-refractivity contribution in [1.29, 1.82) is 0 Å². The van der Waals surface area contributed by atoms with Gasteiger partial charge in [0.15, 0.2) is 0 Å². The first-order chi connectivity index (χ1) is 6.91. The Morgan fingerprint density at radius 2 is 2.20 bits per heavy atom. The largest absolute Gasteiger partial charge is 0.469 e. The number of hydrogen-bond donors (Lipinski definition) is 1. The standard InChI is InChI=1S/C9H15NO4S/c1-4-5-8(2)10-15(12,13)7-6-9(11)14-3/h1,8,10H,5-7H2,2-3H3. The van der Waals surface area contributed by atoms with Gasteiger partial charge in [-0.15, -0.1) is 12.3 Å². The van der Waals surface area contributed by atoms with Crippen LogP contribution in [0, 0.1) is 12.3 Å². The van der Waals surface area contributed by atoms with Crippen molar-refractivity contribution in [3.05, 3.63) is 0 Å². The third kappa shape index (κ3) is 6.94. The zero-order valence-electron chi connectivity index (χ0n) is 8.82. The maximum Gasteiger partial charge on any atom is 0.306 e. The number of ether oxygens (including phenoxy) is 1. The number of terminal acetylenes is 1. The molecule has 1 atom stereocenters. The Labute approximate surface area is 90.2 Å². The Hall–Kier alpha value is -1.06. The van der Waals surface area contributed by atoms with Gasteiger partial charge in [0.25, 0.3) is 0 Å². The third-order valence-electron chi connectivity index (χ3n) is 1.61. The molecule has 0 aromatic rings. The van der Waals surface area contributed by atoms with E-state index in [4.69, 9.17) is 6.42 Å². The molecule has 0 aliphatic heterocycles. The molecule has 0 rings (SSSR count). The van der Waals surface area contributed by atoms with E-state index >= 15 is 0 Å². The van der Waals surface area contributed by atoms with Gasteiger partial charge in [0.2, 0.25) is 10.0 Å². The molecule has 1 unspecified atom stereocenters. The molecule has 0 bridgehead atoms. The van der Waals surface area contributed by atoms with Crippen LogP contribution in [0.2, 0.25) is 0 Å². The average Bonchev–Trinajstić information content (AvgIpc) is 2.13. The number of nitrogens with one attached hydrogen (secondary N) is 1. The Kier molecular flexibility index (Phi) is 5.97. The van der Waals surface area contributed by atoms with E-state index in [-0.39, 0.29) is 18.2 Å². The first kappa shape index (κ1) is 13.9. The lowest BCUT2D eigenvalue weighted by molar-refractivity contribution is -0.140. The van der Waals surface area contributed by atoms with Crippen LogP contribution >= 0.6 is 0 Å². The Morgan fingerprint density at radius 3 is 2.67 bits per heavy atom. The van der Waals surface area contributed by atoms with Crippen LogP contribution in [0.4, 0.5) is 0 Å². The minimum absolute atomic E-state index is 0.158. The summed E-state index contributed by atoms with van der Waals surface area (Å²) in [6, 6.07) is -0.322. The molecule has 0 fully saturated rings. The lowest BCUT2D eigenvalue weighted by atomic mass is 10.3. The molecule has 0 radical (unpaired) electrons. The van der Waals surface area contributed by atoms with Crippen molar-refractivity contribution < 1.29 is 17.9 Å². The van der Waals surface area contributed by atoms with Gasteiger partial charge in [-0.3, -0.25) is 4.79 Å². The number of carbonyl (C=O) groups excluding carboxylic acids is 1. The molecule has 15 heavy (non-hydrogen) atoms. The van der Waals surface area contributed by atoms with Gasteiger partial charge in [0.05, 0.1) is 19.3 Å². The lowest BCUT2D eigenvalue weighted by Crippen LogP contribution is -2.34. The summed E-state index contributed by atoms with van der Waals surface area (Å²) in [7, 11) is -2.24. The van der Waals surface area contributed by atoms with Crippen molar-refractivity contribution in [2.24, 2.45) is 0 Å². The number of rotatable bonds is 6. The van der Waals surface area contributed by atoms with Crippen molar-refractivity contribution in [3.8, 4) is 12.3 Å². The third-order valence-corrected chi connectivity index (χ3v) is 3.11. The summed E-state index contributed by atoms with van der Waals surface area (Å²) in [5.74, 6) is 1.51. The van der Waals surface area contributed by atoms with Crippen LogP contribution < -0.4 is 4.72 Å². The molecule has 0 aromatic heterocycles. The van der Waals surface area contributed by atoms with E-state index in [1.807, 2.05) is 0 Å². The van der Waals surface area contributed by atoms with Gasteiger partial charge in [-0.25, -0.2) is 13.1 Å². The van der Waals surface area contributed by atoms with E-state index in [0.717, 1.165) is 0 Å². The molecule has 0 saturated heterocycles. The van der Waals surface area contributed by atoms with Crippen LogP contribution in [0.1, 0.15) is 19.8 Å².